The minimum atomic E-state index is -3.46. The molecule has 2 aromatic rings. The Kier molecular flexibility index (Phi) is 8.14. The maximum atomic E-state index is 12.3. The van der Waals surface area contributed by atoms with Gasteiger partial charge in [-0.1, -0.05) is 24.3 Å². The van der Waals surface area contributed by atoms with Crippen molar-refractivity contribution in [3.05, 3.63) is 65.2 Å². The predicted octanol–water partition coefficient (Wildman–Crippen LogP) is 2.32. The Hall–Kier alpha value is -2.71. The molecule has 0 aliphatic rings. The molecule has 0 radical (unpaired) electrons. The van der Waals surface area contributed by atoms with Crippen molar-refractivity contribution in [1.82, 2.24) is 14.9 Å². The second kappa shape index (κ2) is 10.4. The van der Waals surface area contributed by atoms with Gasteiger partial charge in [0.2, 0.25) is 15.9 Å². The fraction of sp³-hybridized carbons (Fsp3) is 0.364. The largest absolute Gasteiger partial charge is 0.352 e. The van der Waals surface area contributed by atoms with E-state index in [0.29, 0.717) is 24.9 Å². The SMILES string of the molecule is CNS(=O)(=O)c1ccc(CCC(=O)NCc2ccc(C(=O)N(C)C(C)C)cc2)cc1. The Morgan fingerprint density at radius 3 is 2.07 bits per heavy atom. The van der Waals surface area contributed by atoms with Crippen molar-refractivity contribution in [3.8, 4) is 0 Å². The molecular weight excluding hydrogens is 402 g/mol. The van der Waals surface area contributed by atoms with Gasteiger partial charge in [-0.3, -0.25) is 9.59 Å². The quantitative estimate of drug-likeness (QED) is 0.637. The molecule has 0 saturated carbocycles. The number of benzene rings is 2. The summed E-state index contributed by atoms with van der Waals surface area (Å²) in [7, 11) is -0.320. The van der Waals surface area contributed by atoms with E-state index in [1.165, 1.54) is 19.2 Å². The number of hydrogen-bond acceptors (Lipinski definition) is 4. The van der Waals surface area contributed by atoms with Crippen molar-refractivity contribution in [2.45, 2.75) is 44.2 Å². The van der Waals surface area contributed by atoms with Crippen molar-refractivity contribution in [1.29, 1.82) is 0 Å². The van der Waals surface area contributed by atoms with Crippen LogP contribution in [0.1, 0.15) is 41.8 Å². The molecule has 0 aliphatic heterocycles. The highest BCUT2D eigenvalue weighted by Gasteiger charge is 2.14. The van der Waals surface area contributed by atoms with Crippen LogP contribution in [0.5, 0.6) is 0 Å². The van der Waals surface area contributed by atoms with Crippen LogP contribution >= 0.6 is 0 Å². The highest BCUT2D eigenvalue weighted by atomic mass is 32.2. The van der Waals surface area contributed by atoms with Crippen molar-refractivity contribution < 1.29 is 18.0 Å². The first kappa shape index (κ1) is 23.6. The maximum Gasteiger partial charge on any atom is 0.253 e. The van der Waals surface area contributed by atoms with E-state index in [2.05, 4.69) is 10.0 Å². The molecule has 0 heterocycles. The number of nitrogens with one attached hydrogen (secondary N) is 2. The molecule has 30 heavy (non-hydrogen) atoms. The van der Waals surface area contributed by atoms with Crippen molar-refractivity contribution >= 4 is 21.8 Å². The van der Waals surface area contributed by atoms with Gasteiger partial charge in [-0.05, 0) is 62.7 Å². The summed E-state index contributed by atoms with van der Waals surface area (Å²) in [5, 5.41) is 2.86. The van der Waals surface area contributed by atoms with Crippen LogP contribution < -0.4 is 10.0 Å². The minimum Gasteiger partial charge on any atom is -0.352 e. The lowest BCUT2D eigenvalue weighted by molar-refractivity contribution is -0.121. The van der Waals surface area contributed by atoms with Gasteiger partial charge in [0, 0.05) is 31.6 Å². The molecule has 2 amide bonds. The number of amides is 2. The second-order valence-electron chi connectivity index (χ2n) is 7.33. The van der Waals surface area contributed by atoms with Crippen LogP contribution in [-0.4, -0.2) is 45.3 Å². The van der Waals surface area contributed by atoms with Crippen molar-refractivity contribution in [2.75, 3.05) is 14.1 Å². The Morgan fingerprint density at radius 1 is 0.967 bits per heavy atom. The lowest BCUT2D eigenvalue weighted by Crippen LogP contribution is -2.32. The number of aryl methyl sites for hydroxylation is 1. The van der Waals surface area contributed by atoms with E-state index in [0.717, 1.165) is 11.1 Å². The van der Waals surface area contributed by atoms with E-state index < -0.39 is 10.0 Å². The molecule has 0 aliphatic carbocycles. The number of hydrogen-bond donors (Lipinski definition) is 2. The Labute approximate surface area is 178 Å². The van der Waals surface area contributed by atoms with Crippen LogP contribution in [0.25, 0.3) is 0 Å². The molecule has 0 spiro atoms. The molecule has 0 bridgehead atoms. The average molecular weight is 432 g/mol. The second-order valence-corrected chi connectivity index (χ2v) is 9.22. The van der Waals surface area contributed by atoms with Gasteiger partial charge in [0.25, 0.3) is 5.91 Å². The first-order valence-corrected chi connectivity index (χ1v) is 11.3. The normalized spacial score (nSPS) is 11.4. The molecule has 8 heteroatoms. The lowest BCUT2D eigenvalue weighted by Gasteiger charge is -2.21. The number of rotatable bonds is 9. The summed E-state index contributed by atoms with van der Waals surface area (Å²) in [6.45, 7) is 4.30. The average Bonchev–Trinajstić information content (AvgIpc) is 2.75. The Bertz CT molecular complexity index is 968. The zero-order chi connectivity index (χ0) is 22.3. The van der Waals surface area contributed by atoms with E-state index in [4.69, 9.17) is 0 Å². The van der Waals surface area contributed by atoms with Crippen LogP contribution in [0.2, 0.25) is 0 Å². The molecule has 0 aromatic heterocycles. The van der Waals surface area contributed by atoms with Gasteiger partial charge >= 0.3 is 0 Å². The summed E-state index contributed by atoms with van der Waals surface area (Å²) < 4.78 is 25.7. The topological polar surface area (TPSA) is 95.6 Å². The van der Waals surface area contributed by atoms with Gasteiger partial charge in [-0.15, -0.1) is 0 Å². The van der Waals surface area contributed by atoms with Crippen LogP contribution in [0.15, 0.2) is 53.4 Å². The number of carbonyl (C=O) groups is 2. The highest BCUT2D eigenvalue weighted by Crippen LogP contribution is 2.12. The van der Waals surface area contributed by atoms with Crippen molar-refractivity contribution in [2.24, 2.45) is 0 Å². The van der Waals surface area contributed by atoms with Gasteiger partial charge in [-0.25, -0.2) is 13.1 Å². The van der Waals surface area contributed by atoms with Crippen LogP contribution in [0.3, 0.4) is 0 Å². The van der Waals surface area contributed by atoms with E-state index in [1.807, 2.05) is 26.0 Å². The first-order chi connectivity index (χ1) is 14.1. The highest BCUT2D eigenvalue weighted by molar-refractivity contribution is 7.89. The summed E-state index contributed by atoms with van der Waals surface area (Å²) in [5.41, 5.74) is 2.41. The molecule has 2 rings (SSSR count). The van der Waals surface area contributed by atoms with Gasteiger partial charge in [-0.2, -0.15) is 0 Å². The number of carbonyl (C=O) groups excluding carboxylic acids is 2. The molecule has 7 nitrogen and oxygen atoms in total. The fourth-order valence-corrected chi connectivity index (χ4v) is 3.43. The molecular formula is C22H29N3O4S. The molecule has 162 valence electrons. The van der Waals surface area contributed by atoms with E-state index in [1.54, 1.807) is 36.2 Å². The van der Waals surface area contributed by atoms with E-state index >= 15 is 0 Å². The molecule has 0 unspecified atom stereocenters. The molecule has 0 saturated heterocycles. The summed E-state index contributed by atoms with van der Waals surface area (Å²) in [5.74, 6) is -0.129. The summed E-state index contributed by atoms with van der Waals surface area (Å²) in [6, 6.07) is 13.8. The zero-order valence-corrected chi connectivity index (χ0v) is 18.6. The number of nitrogens with zero attached hydrogens (tertiary/aromatic N) is 1. The Balaban J connectivity index is 1.83. The molecule has 2 aromatic carbocycles. The monoisotopic (exact) mass is 431 g/mol. The maximum absolute atomic E-state index is 12.3. The van der Waals surface area contributed by atoms with Gasteiger partial charge in [0.15, 0.2) is 0 Å². The molecule has 0 atom stereocenters. The van der Waals surface area contributed by atoms with E-state index in [-0.39, 0.29) is 22.8 Å². The number of sulfonamides is 1. The third-order valence-electron chi connectivity index (χ3n) is 4.93. The summed E-state index contributed by atoms with van der Waals surface area (Å²) in [6.07, 6.45) is 0.814. The van der Waals surface area contributed by atoms with Crippen LogP contribution in [0.4, 0.5) is 0 Å². The van der Waals surface area contributed by atoms with Crippen molar-refractivity contribution in [3.63, 3.8) is 0 Å². The van der Waals surface area contributed by atoms with Crippen LogP contribution in [-0.2, 0) is 27.8 Å². The smallest absolute Gasteiger partial charge is 0.253 e. The third kappa shape index (κ3) is 6.40. The van der Waals surface area contributed by atoms with Gasteiger partial charge < -0.3 is 10.2 Å². The standard InChI is InChI=1S/C22H29N3O4S/c1-16(2)25(4)22(27)19-10-5-18(6-11-19)15-24-21(26)14-9-17-7-12-20(13-8-17)30(28,29)23-3/h5-8,10-13,16,23H,9,14-15H2,1-4H3,(H,24,26). The molecule has 2 N–H and O–H groups in total. The van der Waals surface area contributed by atoms with E-state index in [9.17, 15) is 18.0 Å². The van der Waals surface area contributed by atoms with Crippen LogP contribution in [0, 0.1) is 0 Å². The third-order valence-corrected chi connectivity index (χ3v) is 6.36. The Morgan fingerprint density at radius 2 is 1.53 bits per heavy atom. The van der Waals surface area contributed by atoms with Gasteiger partial charge in [0.1, 0.15) is 0 Å². The summed E-state index contributed by atoms with van der Waals surface area (Å²) >= 11 is 0. The minimum absolute atomic E-state index is 0.0332. The zero-order valence-electron chi connectivity index (χ0n) is 17.8. The van der Waals surface area contributed by atoms with Gasteiger partial charge in [0.05, 0.1) is 4.90 Å². The lowest BCUT2D eigenvalue weighted by atomic mass is 10.1. The summed E-state index contributed by atoms with van der Waals surface area (Å²) in [4.78, 5) is 26.3. The molecule has 0 fully saturated rings. The first-order valence-electron chi connectivity index (χ1n) is 9.79. The predicted molar refractivity (Wildman–Crippen MR) is 117 cm³/mol. The fourth-order valence-electron chi connectivity index (χ4n) is 2.70.